The number of aromatic nitrogens is 2. The van der Waals surface area contributed by atoms with Gasteiger partial charge in [0.1, 0.15) is 11.6 Å². The number of nitrogens with one attached hydrogen (secondary N) is 1. The molecule has 2 heterocycles. The van der Waals surface area contributed by atoms with Crippen LogP contribution in [0.4, 0.5) is 11.6 Å². The van der Waals surface area contributed by atoms with Crippen LogP contribution in [0.25, 0.3) is 0 Å². The van der Waals surface area contributed by atoms with Crippen LogP contribution >= 0.6 is 0 Å². The van der Waals surface area contributed by atoms with E-state index in [1.807, 2.05) is 18.2 Å². The zero-order valence-electron chi connectivity index (χ0n) is 14.5. The largest absolute Gasteiger partial charge is 0.378 e. The van der Waals surface area contributed by atoms with Crippen molar-refractivity contribution >= 4 is 17.9 Å². The van der Waals surface area contributed by atoms with E-state index in [0.717, 1.165) is 30.3 Å². The number of nitrogens with two attached hydrogens (primary N) is 1. The number of hydrogen-bond donors (Lipinski definition) is 2. The maximum Gasteiger partial charge on any atom is 0.152 e. The van der Waals surface area contributed by atoms with E-state index < -0.39 is 0 Å². The van der Waals surface area contributed by atoms with Crippen LogP contribution in [-0.2, 0) is 11.2 Å². The first-order valence-corrected chi connectivity index (χ1v) is 8.51. The van der Waals surface area contributed by atoms with Gasteiger partial charge in [0.15, 0.2) is 5.82 Å². The van der Waals surface area contributed by atoms with Gasteiger partial charge in [-0.25, -0.2) is 9.97 Å². The topological polar surface area (TPSA) is 88.7 Å². The second-order valence-corrected chi connectivity index (χ2v) is 5.95. The average molecular weight is 340 g/mol. The molecule has 0 amide bonds. The summed E-state index contributed by atoms with van der Waals surface area (Å²) in [6.07, 6.45) is 2.42. The van der Waals surface area contributed by atoms with Crippen LogP contribution in [0.15, 0.2) is 35.4 Å². The summed E-state index contributed by atoms with van der Waals surface area (Å²) in [6, 6.07) is 10.1. The lowest BCUT2D eigenvalue weighted by atomic mass is 10.2. The lowest BCUT2D eigenvalue weighted by molar-refractivity contribution is 0.122. The molecule has 0 aliphatic carbocycles. The van der Waals surface area contributed by atoms with Crippen molar-refractivity contribution in [1.82, 2.24) is 9.97 Å². The Morgan fingerprint density at radius 1 is 1.28 bits per heavy atom. The van der Waals surface area contributed by atoms with E-state index in [1.54, 1.807) is 6.21 Å². The molecule has 0 atom stereocenters. The first-order valence-electron chi connectivity index (χ1n) is 8.51. The zero-order chi connectivity index (χ0) is 17.5. The van der Waals surface area contributed by atoms with Crippen LogP contribution in [0.5, 0.6) is 0 Å². The molecule has 1 aliphatic rings. The monoisotopic (exact) mass is 340 g/mol. The Morgan fingerprint density at radius 3 is 2.88 bits per heavy atom. The van der Waals surface area contributed by atoms with Crippen LogP contribution in [0.2, 0.25) is 0 Å². The van der Waals surface area contributed by atoms with Crippen molar-refractivity contribution in [2.75, 3.05) is 43.2 Å². The highest BCUT2D eigenvalue weighted by atomic mass is 16.5. The minimum absolute atomic E-state index is 0.512. The summed E-state index contributed by atoms with van der Waals surface area (Å²) in [5, 5.41) is 4.30. The first kappa shape index (κ1) is 17.3. The SMILES string of the molecule is Cc1cccc(/C=N/Nc2cc(N3CCOCC3)nc(CCN)n2)c1. The predicted octanol–water partition coefficient (Wildman–Crippen LogP) is 1.57. The van der Waals surface area contributed by atoms with E-state index in [0.29, 0.717) is 32.0 Å². The highest BCUT2D eigenvalue weighted by Crippen LogP contribution is 2.17. The summed E-state index contributed by atoms with van der Waals surface area (Å²) in [4.78, 5) is 11.3. The molecule has 1 aromatic heterocycles. The number of nitrogens with zero attached hydrogens (tertiary/aromatic N) is 4. The van der Waals surface area contributed by atoms with E-state index >= 15 is 0 Å². The quantitative estimate of drug-likeness (QED) is 0.613. The fourth-order valence-electron chi connectivity index (χ4n) is 2.66. The van der Waals surface area contributed by atoms with Crippen LogP contribution in [0.1, 0.15) is 17.0 Å². The molecular weight excluding hydrogens is 316 g/mol. The summed E-state index contributed by atoms with van der Waals surface area (Å²) < 4.78 is 5.41. The van der Waals surface area contributed by atoms with E-state index in [4.69, 9.17) is 10.5 Å². The van der Waals surface area contributed by atoms with Gasteiger partial charge in [0.2, 0.25) is 0 Å². The molecule has 3 N–H and O–H groups in total. The molecule has 0 bridgehead atoms. The Balaban J connectivity index is 1.75. The molecule has 2 aromatic rings. The molecule has 0 radical (unpaired) electrons. The van der Waals surface area contributed by atoms with Crippen LogP contribution in [0.3, 0.4) is 0 Å². The number of rotatable bonds is 6. The minimum atomic E-state index is 0.512. The molecule has 1 aliphatic heterocycles. The van der Waals surface area contributed by atoms with Crippen molar-refractivity contribution in [2.24, 2.45) is 10.8 Å². The molecule has 0 unspecified atom stereocenters. The maximum atomic E-state index is 5.67. The maximum absolute atomic E-state index is 5.67. The summed E-state index contributed by atoms with van der Waals surface area (Å²) >= 11 is 0. The van der Waals surface area contributed by atoms with Crippen LogP contribution in [-0.4, -0.2) is 49.0 Å². The van der Waals surface area contributed by atoms with Gasteiger partial charge in [0.05, 0.1) is 19.4 Å². The van der Waals surface area contributed by atoms with Crippen LogP contribution in [0, 0.1) is 6.92 Å². The highest BCUT2D eigenvalue weighted by molar-refractivity contribution is 5.80. The van der Waals surface area contributed by atoms with Crippen molar-refractivity contribution in [3.05, 3.63) is 47.3 Å². The summed E-state index contributed by atoms with van der Waals surface area (Å²) in [5.41, 5.74) is 10.9. The first-order chi connectivity index (χ1) is 12.2. The molecule has 25 heavy (non-hydrogen) atoms. The predicted molar refractivity (Wildman–Crippen MR) is 100 cm³/mol. The zero-order valence-corrected chi connectivity index (χ0v) is 14.5. The van der Waals surface area contributed by atoms with Crippen molar-refractivity contribution in [1.29, 1.82) is 0 Å². The van der Waals surface area contributed by atoms with E-state index in [1.165, 1.54) is 5.56 Å². The number of hydrazone groups is 1. The van der Waals surface area contributed by atoms with Crippen molar-refractivity contribution in [3.63, 3.8) is 0 Å². The Kier molecular flexibility index (Phi) is 5.92. The van der Waals surface area contributed by atoms with Gasteiger partial charge in [-0.1, -0.05) is 29.8 Å². The molecule has 7 nitrogen and oxygen atoms in total. The number of anilines is 2. The third kappa shape index (κ3) is 4.98. The van der Waals surface area contributed by atoms with Gasteiger partial charge in [-0.15, -0.1) is 0 Å². The molecule has 0 saturated carbocycles. The van der Waals surface area contributed by atoms with E-state index in [2.05, 4.69) is 44.5 Å². The second kappa shape index (κ2) is 8.55. The third-order valence-corrected chi connectivity index (χ3v) is 3.90. The number of ether oxygens (including phenoxy) is 1. The van der Waals surface area contributed by atoms with Gasteiger partial charge < -0.3 is 15.4 Å². The number of aryl methyl sites for hydroxylation is 1. The van der Waals surface area contributed by atoms with Crippen LogP contribution < -0.4 is 16.1 Å². The molecule has 132 valence electrons. The fraction of sp³-hybridized carbons (Fsp3) is 0.389. The average Bonchev–Trinajstić information content (AvgIpc) is 2.63. The van der Waals surface area contributed by atoms with Gasteiger partial charge in [-0.2, -0.15) is 5.10 Å². The molecule has 1 saturated heterocycles. The standard InChI is InChI=1S/C18H24N6O/c1-14-3-2-4-15(11-14)13-20-23-17-12-18(22-16(21-17)5-6-19)24-7-9-25-10-8-24/h2-4,11-13H,5-10,19H2,1H3,(H,21,22,23)/b20-13+. The van der Waals surface area contributed by atoms with Crippen molar-refractivity contribution < 1.29 is 4.74 Å². The third-order valence-electron chi connectivity index (χ3n) is 3.90. The van der Waals surface area contributed by atoms with E-state index in [9.17, 15) is 0 Å². The van der Waals surface area contributed by atoms with E-state index in [-0.39, 0.29) is 0 Å². The van der Waals surface area contributed by atoms with Gasteiger partial charge in [-0.3, -0.25) is 5.43 Å². The van der Waals surface area contributed by atoms with Crippen molar-refractivity contribution in [3.8, 4) is 0 Å². The summed E-state index contributed by atoms with van der Waals surface area (Å²) in [5.74, 6) is 2.28. The second-order valence-electron chi connectivity index (χ2n) is 5.95. The minimum Gasteiger partial charge on any atom is -0.378 e. The Morgan fingerprint density at radius 2 is 2.12 bits per heavy atom. The molecule has 1 aromatic carbocycles. The fourth-order valence-corrected chi connectivity index (χ4v) is 2.66. The Hall–Kier alpha value is -2.51. The lowest BCUT2D eigenvalue weighted by Gasteiger charge is -2.28. The summed E-state index contributed by atoms with van der Waals surface area (Å²) in [6.45, 7) is 5.65. The Labute approximate surface area is 147 Å². The molecule has 1 fully saturated rings. The number of benzene rings is 1. The lowest BCUT2D eigenvalue weighted by Crippen LogP contribution is -2.37. The highest BCUT2D eigenvalue weighted by Gasteiger charge is 2.14. The van der Waals surface area contributed by atoms with Gasteiger partial charge in [0.25, 0.3) is 0 Å². The molecule has 0 spiro atoms. The normalized spacial score (nSPS) is 14.9. The van der Waals surface area contributed by atoms with Crippen molar-refractivity contribution in [2.45, 2.75) is 13.3 Å². The molecule has 7 heteroatoms. The smallest absolute Gasteiger partial charge is 0.152 e. The number of morpholine rings is 1. The van der Waals surface area contributed by atoms with Gasteiger partial charge in [0, 0.05) is 25.6 Å². The molecular formula is C18H24N6O. The molecule has 3 rings (SSSR count). The summed E-state index contributed by atoms with van der Waals surface area (Å²) in [7, 11) is 0. The van der Waals surface area contributed by atoms with Gasteiger partial charge in [-0.05, 0) is 19.0 Å². The Bertz CT molecular complexity index is 727. The number of hydrogen-bond acceptors (Lipinski definition) is 7. The van der Waals surface area contributed by atoms with Gasteiger partial charge >= 0.3 is 0 Å².